The molecule has 0 aromatic heterocycles. The Hall–Kier alpha value is -0.680. The standard InChI is InChI=1S/C11H22N2O3/c1-4-11(2,3)7-5-8(12)10(14)9(6-7)13(15)16/h7-10,14H,4-6,12H2,1-3H3. The molecular formula is C11H22N2O3. The number of rotatable bonds is 3. The third-order valence-electron chi connectivity index (χ3n) is 4.20. The van der Waals surface area contributed by atoms with Crippen LogP contribution < -0.4 is 5.73 Å². The topological polar surface area (TPSA) is 89.4 Å². The van der Waals surface area contributed by atoms with E-state index < -0.39 is 18.2 Å². The second-order valence-corrected chi connectivity index (χ2v) is 5.52. The van der Waals surface area contributed by atoms with Crippen molar-refractivity contribution in [1.29, 1.82) is 0 Å². The Morgan fingerprint density at radius 3 is 2.50 bits per heavy atom. The SMILES string of the molecule is CCC(C)(C)C1CC(N)C(O)C([N+](=O)[O-])C1. The fraction of sp³-hybridized carbons (Fsp3) is 1.00. The van der Waals surface area contributed by atoms with Crippen LogP contribution in [0.4, 0.5) is 0 Å². The van der Waals surface area contributed by atoms with Gasteiger partial charge in [0.2, 0.25) is 6.04 Å². The van der Waals surface area contributed by atoms with E-state index in [1.165, 1.54) is 0 Å². The molecule has 0 aromatic carbocycles. The molecule has 5 nitrogen and oxygen atoms in total. The summed E-state index contributed by atoms with van der Waals surface area (Å²) in [5.74, 6) is 0.214. The lowest BCUT2D eigenvalue weighted by molar-refractivity contribution is -0.541. The van der Waals surface area contributed by atoms with Crippen molar-refractivity contribution >= 4 is 0 Å². The molecule has 0 heterocycles. The van der Waals surface area contributed by atoms with Gasteiger partial charge in [-0.05, 0) is 17.8 Å². The van der Waals surface area contributed by atoms with Crippen molar-refractivity contribution in [1.82, 2.24) is 0 Å². The molecule has 5 heteroatoms. The zero-order valence-corrected chi connectivity index (χ0v) is 10.2. The van der Waals surface area contributed by atoms with Gasteiger partial charge >= 0.3 is 0 Å². The van der Waals surface area contributed by atoms with Crippen LogP contribution >= 0.6 is 0 Å². The molecule has 1 fully saturated rings. The summed E-state index contributed by atoms with van der Waals surface area (Å²) in [6.45, 7) is 6.30. The molecule has 3 N–H and O–H groups in total. The summed E-state index contributed by atoms with van der Waals surface area (Å²) < 4.78 is 0. The van der Waals surface area contributed by atoms with Gasteiger partial charge in [0, 0.05) is 17.4 Å². The molecule has 1 aliphatic rings. The van der Waals surface area contributed by atoms with Gasteiger partial charge in [0.25, 0.3) is 0 Å². The fourth-order valence-electron chi connectivity index (χ4n) is 2.42. The number of hydrogen-bond acceptors (Lipinski definition) is 4. The van der Waals surface area contributed by atoms with Crippen LogP contribution in [0.1, 0.15) is 40.0 Å². The normalized spacial score (nSPS) is 36.1. The van der Waals surface area contributed by atoms with Crippen LogP contribution in [0.3, 0.4) is 0 Å². The Morgan fingerprint density at radius 2 is 2.06 bits per heavy atom. The van der Waals surface area contributed by atoms with Crippen LogP contribution in [0.5, 0.6) is 0 Å². The van der Waals surface area contributed by atoms with E-state index >= 15 is 0 Å². The third-order valence-corrected chi connectivity index (χ3v) is 4.20. The van der Waals surface area contributed by atoms with E-state index in [-0.39, 0.29) is 16.3 Å². The lowest BCUT2D eigenvalue weighted by Crippen LogP contribution is -2.54. The number of hydrogen-bond donors (Lipinski definition) is 2. The van der Waals surface area contributed by atoms with E-state index in [2.05, 4.69) is 20.8 Å². The minimum Gasteiger partial charge on any atom is -0.384 e. The monoisotopic (exact) mass is 230 g/mol. The number of aliphatic hydroxyl groups is 1. The first-order valence-electron chi connectivity index (χ1n) is 5.86. The maximum Gasteiger partial charge on any atom is 0.240 e. The highest BCUT2D eigenvalue weighted by Gasteiger charge is 2.45. The average Bonchev–Trinajstić information content (AvgIpc) is 2.21. The van der Waals surface area contributed by atoms with Gasteiger partial charge in [-0.1, -0.05) is 27.2 Å². The maximum absolute atomic E-state index is 10.9. The molecule has 94 valence electrons. The molecule has 1 saturated carbocycles. The highest BCUT2D eigenvalue weighted by Crippen LogP contribution is 2.40. The Bertz CT molecular complexity index is 268. The minimum absolute atomic E-state index is 0.0476. The maximum atomic E-state index is 10.9. The molecule has 0 saturated heterocycles. The Morgan fingerprint density at radius 1 is 1.50 bits per heavy atom. The van der Waals surface area contributed by atoms with Crippen molar-refractivity contribution < 1.29 is 10.0 Å². The first kappa shape index (κ1) is 13.4. The van der Waals surface area contributed by atoms with Crippen molar-refractivity contribution in [2.24, 2.45) is 17.1 Å². The summed E-state index contributed by atoms with van der Waals surface area (Å²) in [6, 6.07) is -1.38. The Kier molecular flexibility index (Phi) is 3.91. The van der Waals surface area contributed by atoms with Gasteiger partial charge in [-0.2, -0.15) is 0 Å². The molecular weight excluding hydrogens is 208 g/mol. The molecule has 1 rings (SSSR count). The molecule has 1 aliphatic carbocycles. The predicted octanol–water partition coefficient (Wildman–Crippen LogP) is 1.17. The lowest BCUT2D eigenvalue weighted by atomic mass is 9.66. The molecule has 0 bridgehead atoms. The van der Waals surface area contributed by atoms with Gasteiger partial charge in [-0.25, -0.2) is 0 Å². The van der Waals surface area contributed by atoms with Crippen LogP contribution in [0.15, 0.2) is 0 Å². The van der Waals surface area contributed by atoms with Crippen LogP contribution in [0.2, 0.25) is 0 Å². The van der Waals surface area contributed by atoms with Gasteiger partial charge in [-0.15, -0.1) is 0 Å². The van der Waals surface area contributed by atoms with Crippen LogP contribution in [0.25, 0.3) is 0 Å². The van der Waals surface area contributed by atoms with E-state index in [9.17, 15) is 15.2 Å². The van der Waals surface area contributed by atoms with Crippen molar-refractivity contribution in [3.05, 3.63) is 10.1 Å². The molecule has 4 atom stereocenters. The van der Waals surface area contributed by atoms with E-state index in [0.717, 1.165) is 6.42 Å². The lowest BCUT2D eigenvalue weighted by Gasteiger charge is -2.41. The second-order valence-electron chi connectivity index (χ2n) is 5.52. The fourth-order valence-corrected chi connectivity index (χ4v) is 2.42. The zero-order valence-electron chi connectivity index (χ0n) is 10.2. The highest BCUT2D eigenvalue weighted by molar-refractivity contribution is 4.93. The van der Waals surface area contributed by atoms with Crippen molar-refractivity contribution in [3.63, 3.8) is 0 Å². The minimum atomic E-state index is -1.00. The summed E-state index contributed by atoms with van der Waals surface area (Å²) in [7, 11) is 0. The van der Waals surface area contributed by atoms with Crippen LogP contribution in [-0.4, -0.2) is 28.2 Å². The molecule has 0 amide bonds. The van der Waals surface area contributed by atoms with E-state index in [1.54, 1.807) is 0 Å². The Balaban J connectivity index is 2.82. The summed E-state index contributed by atoms with van der Waals surface area (Å²) in [5.41, 5.74) is 5.84. The van der Waals surface area contributed by atoms with E-state index in [1.807, 2.05) is 0 Å². The van der Waals surface area contributed by atoms with Crippen molar-refractivity contribution in [3.8, 4) is 0 Å². The van der Waals surface area contributed by atoms with Crippen LogP contribution in [0, 0.1) is 21.4 Å². The molecule has 0 aromatic rings. The molecule has 0 aliphatic heterocycles. The Labute approximate surface area is 96.2 Å². The first-order chi connectivity index (χ1) is 7.29. The largest absolute Gasteiger partial charge is 0.384 e. The van der Waals surface area contributed by atoms with Gasteiger partial charge in [0.15, 0.2) is 0 Å². The predicted molar refractivity (Wildman–Crippen MR) is 61.6 cm³/mol. The highest BCUT2D eigenvalue weighted by atomic mass is 16.6. The first-order valence-corrected chi connectivity index (χ1v) is 5.86. The van der Waals surface area contributed by atoms with E-state index in [0.29, 0.717) is 12.8 Å². The van der Waals surface area contributed by atoms with Gasteiger partial charge in [-0.3, -0.25) is 10.1 Å². The summed E-state index contributed by atoms with van der Waals surface area (Å²) in [5, 5.41) is 20.6. The van der Waals surface area contributed by atoms with Crippen molar-refractivity contribution in [2.75, 3.05) is 0 Å². The number of nitro groups is 1. The van der Waals surface area contributed by atoms with Gasteiger partial charge < -0.3 is 10.8 Å². The smallest absolute Gasteiger partial charge is 0.240 e. The molecule has 4 unspecified atom stereocenters. The number of aliphatic hydroxyl groups excluding tert-OH is 1. The molecule has 16 heavy (non-hydrogen) atoms. The van der Waals surface area contributed by atoms with E-state index in [4.69, 9.17) is 5.73 Å². The number of nitrogens with two attached hydrogens (primary N) is 1. The van der Waals surface area contributed by atoms with Crippen LogP contribution in [-0.2, 0) is 0 Å². The van der Waals surface area contributed by atoms with Gasteiger partial charge in [0.05, 0.1) is 0 Å². The summed E-state index contributed by atoms with van der Waals surface area (Å²) in [4.78, 5) is 10.5. The average molecular weight is 230 g/mol. The zero-order chi connectivity index (χ0) is 12.5. The summed E-state index contributed by atoms with van der Waals surface area (Å²) >= 11 is 0. The quantitative estimate of drug-likeness (QED) is 0.562. The second kappa shape index (κ2) is 4.67. The molecule has 0 spiro atoms. The molecule has 0 radical (unpaired) electrons. The summed E-state index contributed by atoms with van der Waals surface area (Å²) in [6.07, 6.45) is 1.07. The van der Waals surface area contributed by atoms with Gasteiger partial charge in [0.1, 0.15) is 6.10 Å². The van der Waals surface area contributed by atoms with Crippen molar-refractivity contribution in [2.45, 2.75) is 58.2 Å². The number of nitrogens with zero attached hydrogens (tertiary/aromatic N) is 1. The third kappa shape index (κ3) is 2.52.